The molecule has 4 aliphatic rings. The standard InChI is InChI=1S/C29H37NO6/c1-16-10-22-27(34,25(16)33)14-18(15-31)11-20-24-26(3,4)28(24,13-17(2)29(20,22)35)36-23(32)12-21(30)19-8-6-5-7-9-19/h5-11,17,20-22,24,31,34-35H,12-15,30H2,1-4H3/t17-,20+,21+,22-,24-,27-,28+,29-/m1/s1. The number of hydrogen-bond acceptors (Lipinski definition) is 7. The molecule has 0 heterocycles. The highest BCUT2D eigenvalue weighted by Crippen LogP contribution is 2.76. The van der Waals surface area contributed by atoms with Crippen LogP contribution in [0.1, 0.15) is 58.6 Å². The van der Waals surface area contributed by atoms with E-state index >= 15 is 0 Å². The second-order valence-corrected chi connectivity index (χ2v) is 12.0. The molecular weight excluding hydrogens is 458 g/mol. The molecule has 0 radical (unpaired) electrons. The molecule has 0 amide bonds. The zero-order chi connectivity index (χ0) is 26.3. The fraction of sp³-hybridized carbons (Fsp3) is 0.586. The average molecular weight is 496 g/mol. The SMILES string of the molecule is CC1=C[C@H]2[C@@]3(O)[C@H](C)C[C@]4(OC(=O)C[C@H](N)c5ccccc5)[C@H]([C@@H]3C=C(CO)C[C@]2(O)C1=O)C4(C)C. The van der Waals surface area contributed by atoms with Gasteiger partial charge in [-0.25, -0.2) is 0 Å². The molecule has 1 aromatic rings. The maximum atomic E-state index is 13.2. The van der Waals surface area contributed by atoms with Gasteiger partial charge in [-0.3, -0.25) is 9.59 Å². The van der Waals surface area contributed by atoms with Crippen molar-refractivity contribution in [2.45, 2.75) is 69.8 Å². The molecule has 1 aromatic carbocycles. The lowest BCUT2D eigenvalue weighted by atomic mass is 9.60. The van der Waals surface area contributed by atoms with Gasteiger partial charge < -0.3 is 25.8 Å². The molecule has 0 bridgehead atoms. The number of benzene rings is 1. The number of esters is 1. The molecule has 0 spiro atoms. The van der Waals surface area contributed by atoms with Gasteiger partial charge in [0.15, 0.2) is 5.78 Å². The van der Waals surface area contributed by atoms with Gasteiger partial charge in [-0.15, -0.1) is 0 Å². The predicted octanol–water partition coefficient (Wildman–Crippen LogP) is 2.60. The zero-order valence-corrected chi connectivity index (χ0v) is 21.4. The summed E-state index contributed by atoms with van der Waals surface area (Å²) in [6.07, 6.45) is 3.94. The molecule has 8 atom stereocenters. The van der Waals surface area contributed by atoms with Crippen LogP contribution in [0.25, 0.3) is 0 Å². The highest BCUT2D eigenvalue weighted by atomic mass is 16.6. The second-order valence-electron chi connectivity index (χ2n) is 12.0. The summed E-state index contributed by atoms with van der Waals surface area (Å²) in [6, 6.07) is 8.94. The summed E-state index contributed by atoms with van der Waals surface area (Å²) in [5, 5.41) is 34.0. The summed E-state index contributed by atoms with van der Waals surface area (Å²) in [6.45, 7) is 7.30. The molecule has 2 fully saturated rings. The number of ether oxygens (including phenoxy) is 1. The van der Waals surface area contributed by atoms with Gasteiger partial charge in [-0.1, -0.05) is 63.3 Å². The Hall–Kier alpha value is -2.32. The molecule has 4 aliphatic carbocycles. The fourth-order valence-electron chi connectivity index (χ4n) is 7.84. The first-order valence-corrected chi connectivity index (χ1v) is 12.8. The number of hydrogen-bond donors (Lipinski definition) is 4. The largest absolute Gasteiger partial charge is 0.458 e. The lowest BCUT2D eigenvalue weighted by Crippen LogP contribution is -2.61. The summed E-state index contributed by atoms with van der Waals surface area (Å²) in [5.41, 5.74) is 3.60. The van der Waals surface area contributed by atoms with Gasteiger partial charge in [-0.05, 0) is 36.0 Å². The van der Waals surface area contributed by atoms with Crippen LogP contribution in [-0.4, -0.2) is 50.5 Å². The quantitative estimate of drug-likeness (QED) is 0.365. The van der Waals surface area contributed by atoms with Crippen LogP contribution >= 0.6 is 0 Å². The normalized spacial score (nSPS) is 41.2. The molecule has 2 saturated carbocycles. The van der Waals surface area contributed by atoms with Crippen molar-refractivity contribution in [3.8, 4) is 0 Å². The number of aliphatic hydroxyl groups is 3. The molecule has 5 rings (SSSR count). The van der Waals surface area contributed by atoms with E-state index in [1.165, 1.54) is 0 Å². The van der Waals surface area contributed by atoms with Crippen molar-refractivity contribution in [3.05, 3.63) is 59.2 Å². The lowest BCUT2D eigenvalue weighted by Gasteiger charge is -2.50. The Bertz CT molecular complexity index is 1160. The predicted molar refractivity (Wildman–Crippen MR) is 133 cm³/mol. The summed E-state index contributed by atoms with van der Waals surface area (Å²) < 4.78 is 6.25. The zero-order valence-electron chi connectivity index (χ0n) is 21.4. The van der Waals surface area contributed by atoms with E-state index in [4.69, 9.17) is 10.5 Å². The summed E-state index contributed by atoms with van der Waals surface area (Å²) in [4.78, 5) is 26.2. The fourth-order valence-corrected chi connectivity index (χ4v) is 7.84. The minimum Gasteiger partial charge on any atom is -0.458 e. The van der Waals surface area contributed by atoms with Crippen molar-refractivity contribution in [1.82, 2.24) is 0 Å². The third kappa shape index (κ3) is 3.26. The third-order valence-electron chi connectivity index (χ3n) is 9.79. The lowest BCUT2D eigenvalue weighted by molar-refractivity contribution is -0.187. The Labute approximate surface area is 212 Å². The number of rotatable bonds is 5. The van der Waals surface area contributed by atoms with Crippen LogP contribution in [0.5, 0.6) is 0 Å². The maximum Gasteiger partial charge on any atom is 0.308 e. The number of Topliss-reactive ketones (excluding diaryl/α,β-unsaturated/α-hetero) is 1. The van der Waals surface area contributed by atoms with Gasteiger partial charge in [0.25, 0.3) is 0 Å². The molecule has 36 heavy (non-hydrogen) atoms. The minimum atomic E-state index is -1.80. The van der Waals surface area contributed by atoms with Gasteiger partial charge in [0.2, 0.25) is 0 Å². The van der Waals surface area contributed by atoms with Gasteiger partial charge in [-0.2, -0.15) is 0 Å². The van der Waals surface area contributed by atoms with Crippen LogP contribution in [0.4, 0.5) is 0 Å². The molecular formula is C29H37NO6. The van der Waals surface area contributed by atoms with Crippen LogP contribution in [0.3, 0.4) is 0 Å². The number of carbonyl (C=O) groups is 2. The topological polar surface area (TPSA) is 130 Å². The van der Waals surface area contributed by atoms with Crippen molar-refractivity contribution in [2.75, 3.05) is 6.61 Å². The molecule has 7 heteroatoms. The average Bonchev–Trinajstić information content (AvgIpc) is 3.23. The summed E-state index contributed by atoms with van der Waals surface area (Å²) in [5.74, 6) is -2.74. The number of nitrogens with two attached hydrogens (primary N) is 1. The number of carbonyl (C=O) groups excluding carboxylic acids is 2. The van der Waals surface area contributed by atoms with Crippen molar-refractivity contribution in [2.24, 2.45) is 34.8 Å². The number of ketones is 1. The van der Waals surface area contributed by atoms with E-state index in [0.29, 0.717) is 17.6 Å². The van der Waals surface area contributed by atoms with Crippen molar-refractivity contribution >= 4 is 11.8 Å². The summed E-state index contributed by atoms with van der Waals surface area (Å²) >= 11 is 0. The molecule has 0 aromatic heterocycles. The van der Waals surface area contributed by atoms with Crippen molar-refractivity contribution < 1.29 is 29.6 Å². The first-order chi connectivity index (χ1) is 16.8. The van der Waals surface area contributed by atoms with Crippen LogP contribution < -0.4 is 5.73 Å². The smallest absolute Gasteiger partial charge is 0.308 e. The molecule has 5 N–H and O–H groups in total. The highest BCUT2D eigenvalue weighted by Gasteiger charge is 2.83. The Morgan fingerprint density at radius 3 is 2.50 bits per heavy atom. The van der Waals surface area contributed by atoms with Gasteiger partial charge in [0.05, 0.1) is 18.6 Å². The summed E-state index contributed by atoms with van der Waals surface area (Å²) in [7, 11) is 0. The molecule has 0 aliphatic heterocycles. The van der Waals surface area contributed by atoms with Crippen LogP contribution in [0.15, 0.2) is 53.6 Å². The second kappa shape index (κ2) is 8.09. The first kappa shape index (κ1) is 25.3. The monoisotopic (exact) mass is 495 g/mol. The first-order valence-electron chi connectivity index (χ1n) is 12.8. The van der Waals surface area contributed by atoms with E-state index in [2.05, 4.69) is 0 Å². The number of aliphatic hydroxyl groups excluding tert-OH is 1. The van der Waals surface area contributed by atoms with Crippen LogP contribution in [-0.2, 0) is 14.3 Å². The molecule has 0 unspecified atom stereocenters. The number of fused-ring (bicyclic) bond motifs is 5. The highest BCUT2D eigenvalue weighted by molar-refractivity contribution is 6.04. The Morgan fingerprint density at radius 1 is 1.19 bits per heavy atom. The van der Waals surface area contributed by atoms with Crippen molar-refractivity contribution in [3.63, 3.8) is 0 Å². The van der Waals surface area contributed by atoms with E-state index in [-0.39, 0.29) is 31.3 Å². The Balaban J connectivity index is 1.49. The van der Waals surface area contributed by atoms with Crippen molar-refractivity contribution in [1.29, 1.82) is 0 Å². The van der Waals surface area contributed by atoms with Gasteiger partial charge in [0.1, 0.15) is 11.2 Å². The van der Waals surface area contributed by atoms with E-state index in [1.54, 1.807) is 13.0 Å². The minimum absolute atomic E-state index is 0.0295. The molecule has 0 saturated heterocycles. The molecule has 194 valence electrons. The van der Waals surface area contributed by atoms with Gasteiger partial charge >= 0.3 is 5.97 Å². The van der Waals surface area contributed by atoms with E-state index in [1.807, 2.05) is 57.2 Å². The maximum absolute atomic E-state index is 13.2. The van der Waals surface area contributed by atoms with E-state index in [0.717, 1.165) is 5.56 Å². The Kier molecular flexibility index (Phi) is 5.69. The third-order valence-corrected chi connectivity index (χ3v) is 9.79. The van der Waals surface area contributed by atoms with E-state index in [9.17, 15) is 24.9 Å². The van der Waals surface area contributed by atoms with Crippen LogP contribution in [0, 0.1) is 29.1 Å². The Morgan fingerprint density at radius 2 is 1.86 bits per heavy atom. The molecule has 7 nitrogen and oxygen atoms in total. The van der Waals surface area contributed by atoms with Crippen LogP contribution in [0.2, 0.25) is 0 Å². The van der Waals surface area contributed by atoms with Gasteiger partial charge in [0, 0.05) is 35.6 Å². The van der Waals surface area contributed by atoms with E-state index < -0.39 is 51.8 Å².